The zero-order chi connectivity index (χ0) is 27.8. The molecule has 0 spiro atoms. The molecule has 0 nitrogen and oxygen atoms in total. The first kappa shape index (κ1) is 37.6. The molecule has 3 heteroatoms. The Bertz CT molecular complexity index is 1470. The molecule has 0 amide bonds. The molecule has 6 rings (SSSR count). The average Bonchev–Trinajstić information content (AvgIpc) is 3.60. The van der Waals surface area contributed by atoms with Crippen molar-refractivity contribution in [2.24, 2.45) is 0 Å². The van der Waals surface area contributed by atoms with E-state index in [1.54, 1.807) is 0 Å². The third kappa shape index (κ3) is 9.27. The van der Waals surface area contributed by atoms with Crippen LogP contribution in [0.5, 0.6) is 0 Å². The first-order chi connectivity index (χ1) is 18.9. The predicted molar refractivity (Wildman–Crippen MR) is 173 cm³/mol. The molecular formula is C39H40Cl2Hf-6. The first-order valence-electron chi connectivity index (χ1n) is 14.0. The Morgan fingerprint density at radius 1 is 0.524 bits per heavy atom. The van der Waals surface area contributed by atoms with Crippen LogP contribution in [0.25, 0.3) is 43.8 Å². The summed E-state index contributed by atoms with van der Waals surface area (Å²) < 4.78 is 0. The summed E-state index contributed by atoms with van der Waals surface area (Å²) in [4.78, 5) is 0. The van der Waals surface area contributed by atoms with Crippen molar-refractivity contribution in [2.75, 3.05) is 0 Å². The Kier molecular flexibility index (Phi) is 16.3. The monoisotopic (exact) mass is 758 g/mol. The van der Waals surface area contributed by atoms with Crippen LogP contribution in [0.4, 0.5) is 0 Å². The second-order valence-electron chi connectivity index (χ2n) is 10.6. The van der Waals surface area contributed by atoms with Crippen LogP contribution in [0, 0.1) is 13.8 Å². The molecular weight excluding hydrogens is 718 g/mol. The topological polar surface area (TPSA) is 0 Å². The van der Waals surface area contributed by atoms with Crippen molar-refractivity contribution in [3.63, 3.8) is 0 Å². The van der Waals surface area contributed by atoms with Crippen molar-refractivity contribution in [1.82, 2.24) is 0 Å². The van der Waals surface area contributed by atoms with Gasteiger partial charge in [0, 0.05) is 25.8 Å². The van der Waals surface area contributed by atoms with Gasteiger partial charge in [-0.05, 0) is 23.0 Å². The Balaban J connectivity index is 0.000000361. The molecule has 0 fully saturated rings. The van der Waals surface area contributed by atoms with Crippen molar-refractivity contribution < 1.29 is 50.7 Å². The summed E-state index contributed by atoms with van der Waals surface area (Å²) in [5.41, 5.74) is 8.11. The van der Waals surface area contributed by atoms with Gasteiger partial charge in [-0.2, -0.15) is 12.1 Å². The third-order valence-corrected chi connectivity index (χ3v) is 7.05. The maximum Gasteiger partial charge on any atom is 0 e. The smallest absolute Gasteiger partial charge is 0 e. The van der Waals surface area contributed by atoms with E-state index in [0.29, 0.717) is 11.8 Å². The van der Waals surface area contributed by atoms with Crippen LogP contribution in [0.2, 0.25) is 0 Å². The van der Waals surface area contributed by atoms with Gasteiger partial charge in [0.2, 0.25) is 0 Å². The van der Waals surface area contributed by atoms with Crippen LogP contribution >= 0.6 is 0 Å². The molecule has 6 aromatic rings. The van der Waals surface area contributed by atoms with Crippen molar-refractivity contribution in [3.8, 4) is 22.3 Å². The Hall–Kier alpha value is -2.45. The Morgan fingerprint density at radius 3 is 1.17 bits per heavy atom. The van der Waals surface area contributed by atoms with Crippen LogP contribution in [0.3, 0.4) is 0 Å². The molecule has 0 bridgehead atoms. The molecule has 0 aliphatic heterocycles. The van der Waals surface area contributed by atoms with Gasteiger partial charge < -0.3 is 45.1 Å². The fourth-order valence-electron chi connectivity index (χ4n) is 4.92. The minimum absolute atomic E-state index is 0. The first-order valence-corrected chi connectivity index (χ1v) is 14.0. The molecule has 0 aliphatic rings. The number of benzene rings is 4. The quantitative estimate of drug-likeness (QED) is 0.159. The normalized spacial score (nSPS) is 10.1. The van der Waals surface area contributed by atoms with E-state index in [9.17, 15) is 0 Å². The number of rotatable bonds is 4. The molecule has 0 heterocycles. The van der Waals surface area contributed by atoms with E-state index < -0.39 is 0 Å². The molecule has 0 saturated carbocycles. The summed E-state index contributed by atoms with van der Waals surface area (Å²) in [6, 6.07) is 43.6. The second-order valence-corrected chi connectivity index (χ2v) is 10.6. The molecule has 6 aromatic carbocycles. The number of hydrogen-bond donors (Lipinski definition) is 0. The molecule has 220 valence electrons. The SMILES string of the molecule is CC(C)c1cc2c(-c3ccccc3)cccc2[cH-]1.CC(C)c1cc2c(-c3ccccc3)cccc2[cH-]1.[CH2-]C[CH2-].[Cl-].[Cl-].[Hf]. The largest absolute Gasteiger partial charge is 1.00 e. The summed E-state index contributed by atoms with van der Waals surface area (Å²) in [6.07, 6.45) is 0.750. The van der Waals surface area contributed by atoms with Gasteiger partial charge in [-0.1, -0.05) is 112 Å². The van der Waals surface area contributed by atoms with E-state index >= 15 is 0 Å². The summed E-state index contributed by atoms with van der Waals surface area (Å²) in [6.45, 7) is 15.7. The minimum atomic E-state index is 0. The van der Waals surface area contributed by atoms with Gasteiger partial charge in [0.15, 0.2) is 0 Å². The fraction of sp³-hybridized carbons (Fsp3) is 0.179. The van der Waals surface area contributed by atoms with Crippen molar-refractivity contribution in [2.45, 2.75) is 46.0 Å². The summed E-state index contributed by atoms with van der Waals surface area (Å²) in [5.74, 6) is 1.17. The molecule has 0 unspecified atom stereocenters. The molecule has 0 aliphatic carbocycles. The second kappa shape index (κ2) is 18.3. The van der Waals surface area contributed by atoms with Crippen LogP contribution in [-0.2, 0) is 25.8 Å². The van der Waals surface area contributed by atoms with E-state index in [4.69, 9.17) is 0 Å². The van der Waals surface area contributed by atoms with Crippen LogP contribution < -0.4 is 24.8 Å². The standard InChI is InChI=1S/2C18H17.C3H6.2ClH.Hf/c2*1-13(2)16-11-15-9-6-10-17(18(15)12-16)14-7-4-3-5-8-14;1-3-2;;;/h2*3-13H,1-2H3;1-3H2;2*1H;/q2*-1;-2;;;/p-2. The van der Waals surface area contributed by atoms with E-state index in [-0.39, 0.29) is 50.7 Å². The van der Waals surface area contributed by atoms with Gasteiger partial charge in [-0.3, -0.25) is 0 Å². The van der Waals surface area contributed by atoms with Crippen molar-refractivity contribution in [3.05, 3.63) is 146 Å². The molecule has 0 saturated heterocycles. The number of hydrogen-bond acceptors (Lipinski definition) is 0. The zero-order valence-electron chi connectivity index (χ0n) is 25.1. The average molecular weight is 758 g/mol. The minimum Gasteiger partial charge on any atom is -1.00 e. The Labute approximate surface area is 284 Å². The zero-order valence-corrected chi connectivity index (χ0v) is 30.2. The van der Waals surface area contributed by atoms with Gasteiger partial charge in [0.05, 0.1) is 0 Å². The molecule has 0 N–H and O–H groups in total. The third-order valence-electron chi connectivity index (χ3n) is 7.05. The van der Waals surface area contributed by atoms with Gasteiger partial charge in [0.25, 0.3) is 0 Å². The maximum atomic E-state index is 3.38. The Morgan fingerprint density at radius 2 is 0.857 bits per heavy atom. The van der Waals surface area contributed by atoms with Gasteiger partial charge in [0.1, 0.15) is 0 Å². The van der Waals surface area contributed by atoms with E-state index in [1.165, 1.54) is 54.9 Å². The van der Waals surface area contributed by atoms with Gasteiger partial charge in [-0.15, -0.1) is 69.1 Å². The number of halogens is 2. The summed E-state index contributed by atoms with van der Waals surface area (Å²) >= 11 is 0. The van der Waals surface area contributed by atoms with Crippen molar-refractivity contribution >= 4 is 21.5 Å². The van der Waals surface area contributed by atoms with Crippen LogP contribution in [0.15, 0.2) is 121 Å². The van der Waals surface area contributed by atoms with E-state index in [2.05, 4.69) is 163 Å². The van der Waals surface area contributed by atoms with E-state index in [1.807, 2.05) is 0 Å². The van der Waals surface area contributed by atoms with E-state index in [0.717, 1.165) is 6.42 Å². The molecule has 42 heavy (non-hydrogen) atoms. The summed E-state index contributed by atoms with van der Waals surface area (Å²) in [5, 5.41) is 5.43. The van der Waals surface area contributed by atoms with Crippen LogP contribution in [0.1, 0.15) is 57.1 Å². The summed E-state index contributed by atoms with van der Waals surface area (Å²) in [7, 11) is 0. The maximum absolute atomic E-state index is 3.38. The fourth-order valence-corrected chi connectivity index (χ4v) is 4.92. The van der Waals surface area contributed by atoms with Crippen LogP contribution in [-0.4, -0.2) is 0 Å². The van der Waals surface area contributed by atoms with Crippen molar-refractivity contribution in [1.29, 1.82) is 0 Å². The van der Waals surface area contributed by atoms with Gasteiger partial charge in [-0.25, -0.2) is 0 Å². The number of fused-ring (bicyclic) bond motifs is 2. The molecule has 0 radical (unpaired) electrons. The molecule has 0 atom stereocenters. The predicted octanol–water partition coefficient (Wildman–Crippen LogP) is 5.75. The molecule has 0 aromatic heterocycles. The van der Waals surface area contributed by atoms with Gasteiger partial charge >= 0.3 is 0 Å².